The lowest BCUT2D eigenvalue weighted by Gasteiger charge is -2.07. The Hall–Kier alpha value is -3.55. The molecule has 0 saturated carbocycles. The summed E-state index contributed by atoms with van der Waals surface area (Å²) in [7, 11) is 0. The average molecular weight is 319 g/mol. The maximum absolute atomic E-state index is 12.5. The quantitative estimate of drug-likeness (QED) is 0.598. The van der Waals surface area contributed by atoms with Gasteiger partial charge in [-0.2, -0.15) is 5.21 Å². The number of aromatic nitrogens is 7. The molecule has 1 aromatic carbocycles. The average Bonchev–Trinajstić information content (AvgIpc) is 3.24. The van der Waals surface area contributed by atoms with Crippen molar-refractivity contribution in [1.82, 2.24) is 35.2 Å². The van der Waals surface area contributed by atoms with Crippen molar-refractivity contribution < 1.29 is 0 Å². The molecule has 0 atom stereocenters. The molecular formula is C16H13N7O. The summed E-state index contributed by atoms with van der Waals surface area (Å²) in [5.74, 6) is 1.04. The summed E-state index contributed by atoms with van der Waals surface area (Å²) in [6.07, 6.45) is 1.65. The van der Waals surface area contributed by atoms with Crippen LogP contribution >= 0.6 is 0 Å². The first-order valence-electron chi connectivity index (χ1n) is 7.32. The molecule has 0 fully saturated rings. The van der Waals surface area contributed by atoms with Gasteiger partial charge >= 0.3 is 5.69 Å². The molecule has 0 radical (unpaired) electrons. The van der Waals surface area contributed by atoms with Gasteiger partial charge in [0.05, 0.1) is 11.4 Å². The van der Waals surface area contributed by atoms with Crippen LogP contribution in [-0.4, -0.2) is 35.2 Å². The Balaban J connectivity index is 1.93. The summed E-state index contributed by atoms with van der Waals surface area (Å²) in [4.78, 5) is 19.6. The van der Waals surface area contributed by atoms with Crippen molar-refractivity contribution >= 4 is 0 Å². The van der Waals surface area contributed by atoms with E-state index in [0.717, 1.165) is 16.8 Å². The van der Waals surface area contributed by atoms with E-state index in [9.17, 15) is 4.79 Å². The number of aromatic amines is 2. The summed E-state index contributed by atoms with van der Waals surface area (Å²) in [5, 5.41) is 14.1. The summed E-state index contributed by atoms with van der Waals surface area (Å²) >= 11 is 0. The van der Waals surface area contributed by atoms with Crippen LogP contribution < -0.4 is 5.69 Å². The monoisotopic (exact) mass is 319 g/mol. The van der Waals surface area contributed by atoms with Gasteiger partial charge in [0.15, 0.2) is 0 Å². The second kappa shape index (κ2) is 5.58. The second-order valence-electron chi connectivity index (χ2n) is 5.19. The van der Waals surface area contributed by atoms with Crippen LogP contribution in [0.4, 0.5) is 0 Å². The van der Waals surface area contributed by atoms with E-state index in [1.807, 2.05) is 43.3 Å². The maximum Gasteiger partial charge on any atom is 0.332 e. The van der Waals surface area contributed by atoms with Crippen molar-refractivity contribution in [2.75, 3.05) is 0 Å². The van der Waals surface area contributed by atoms with Crippen LogP contribution in [0.15, 0.2) is 53.5 Å². The molecule has 24 heavy (non-hydrogen) atoms. The van der Waals surface area contributed by atoms with E-state index in [1.54, 1.807) is 16.8 Å². The van der Waals surface area contributed by atoms with E-state index in [2.05, 4.69) is 30.6 Å². The molecule has 0 saturated heterocycles. The van der Waals surface area contributed by atoms with Gasteiger partial charge in [-0.25, -0.2) is 14.3 Å². The lowest BCUT2D eigenvalue weighted by atomic mass is 10.0. The zero-order chi connectivity index (χ0) is 16.5. The number of H-pyrrole nitrogens is 2. The predicted molar refractivity (Wildman–Crippen MR) is 87.5 cm³/mol. The van der Waals surface area contributed by atoms with Gasteiger partial charge in [-0.15, -0.1) is 10.2 Å². The van der Waals surface area contributed by atoms with Crippen LogP contribution in [0.3, 0.4) is 0 Å². The minimum Gasteiger partial charge on any atom is -0.305 e. The third-order valence-corrected chi connectivity index (χ3v) is 3.79. The van der Waals surface area contributed by atoms with Crippen molar-refractivity contribution in [3.63, 3.8) is 0 Å². The van der Waals surface area contributed by atoms with Crippen molar-refractivity contribution in [3.8, 4) is 28.5 Å². The Morgan fingerprint density at radius 1 is 1.04 bits per heavy atom. The molecule has 4 aromatic rings. The Bertz CT molecular complexity index is 1030. The van der Waals surface area contributed by atoms with Gasteiger partial charge in [-0.05, 0) is 24.3 Å². The number of benzene rings is 1. The molecule has 0 bridgehead atoms. The number of nitrogens with one attached hydrogen (secondary N) is 2. The molecule has 0 unspecified atom stereocenters. The molecule has 0 aliphatic heterocycles. The lowest BCUT2D eigenvalue weighted by molar-refractivity contribution is 0.881. The van der Waals surface area contributed by atoms with E-state index in [1.165, 1.54) is 0 Å². The van der Waals surface area contributed by atoms with Gasteiger partial charge in [0, 0.05) is 17.3 Å². The smallest absolute Gasteiger partial charge is 0.305 e. The summed E-state index contributed by atoms with van der Waals surface area (Å²) in [6, 6.07) is 13.0. The molecule has 0 aliphatic carbocycles. The van der Waals surface area contributed by atoms with E-state index in [-0.39, 0.29) is 5.69 Å². The van der Waals surface area contributed by atoms with E-state index in [4.69, 9.17) is 0 Å². The van der Waals surface area contributed by atoms with Crippen LogP contribution in [0.2, 0.25) is 0 Å². The molecule has 0 spiro atoms. The number of hydrogen-bond acceptors (Lipinski definition) is 5. The number of rotatable bonds is 3. The number of nitrogens with zero attached hydrogens (tertiary/aromatic N) is 5. The van der Waals surface area contributed by atoms with Gasteiger partial charge in [0.1, 0.15) is 5.82 Å². The highest BCUT2D eigenvalue weighted by atomic mass is 16.1. The minimum absolute atomic E-state index is 0.246. The fourth-order valence-electron chi connectivity index (χ4n) is 2.71. The number of pyridine rings is 1. The molecule has 8 nitrogen and oxygen atoms in total. The third kappa shape index (κ3) is 2.21. The van der Waals surface area contributed by atoms with E-state index >= 15 is 0 Å². The number of imidazole rings is 1. The van der Waals surface area contributed by atoms with Gasteiger partial charge < -0.3 is 4.98 Å². The third-order valence-electron chi connectivity index (χ3n) is 3.79. The van der Waals surface area contributed by atoms with Crippen molar-refractivity contribution in [3.05, 3.63) is 64.8 Å². The van der Waals surface area contributed by atoms with Gasteiger partial charge in [-0.3, -0.25) is 0 Å². The fourth-order valence-corrected chi connectivity index (χ4v) is 2.71. The van der Waals surface area contributed by atoms with Crippen LogP contribution in [0.1, 0.15) is 5.69 Å². The zero-order valence-corrected chi connectivity index (χ0v) is 12.8. The highest BCUT2D eigenvalue weighted by molar-refractivity contribution is 5.79. The minimum atomic E-state index is -0.246. The normalized spacial score (nSPS) is 10.9. The molecule has 3 aromatic heterocycles. The zero-order valence-electron chi connectivity index (χ0n) is 12.8. The molecule has 118 valence electrons. The van der Waals surface area contributed by atoms with Crippen LogP contribution in [0, 0.1) is 6.92 Å². The molecule has 0 amide bonds. The summed E-state index contributed by atoms with van der Waals surface area (Å²) < 4.78 is 1.54. The van der Waals surface area contributed by atoms with Crippen molar-refractivity contribution in [2.45, 2.75) is 6.92 Å². The van der Waals surface area contributed by atoms with Gasteiger partial charge in [0.25, 0.3) is 0 Å². The van der Waals surface area contributed by atoms with E-state index < -0.39 is 0 Å². The fraction of sp³-hybridized carbons (Fsp3) is 0.0625. The topological polar surface area (TPSA) is 105 Å². The SMILES string of the molecule is Cc1c(-c2ccccc2-c2nn[nH]n2)[nH]c(=O)n1-c1ccccn1. The van der Waals surface area contributed by atoms with E-state index in [0.29, 0.717) is 17.3 Å². The highest BCUT2D eigenvalue weighted by Crippen LogP contribution is 2.30. The number of tetrazole rings is 1. The predicted octanol–water partition coefficient (Wildman–Crippen LogP) is 1.72. The molecule has 2 N–H and O–H groups in total. The first-order chi connectivity index (χ1) is 11.8. The molecular weight excluding hydrogens is 306 g/mol. The van der Waals surface area contributed by atoms with Gasteiger partial charge in [0.2, 0.25) is 5.82 Å². The lowest BCUT2D eigenvalue weighted by Crippen LogP contribution is -2.16. The standard InChI is InChI=1S/C16H13N7O/c1-10-14(18-16(24)23(10)13-8-4-5-9-17-13)11-6-2-3-7-12(11)15-19-21-22-20-15/h2-9H,1H3,(H,18,24)(H,19,20,21,22). The Labute approximate surface area is 136 Å². The van der Waals surface area contributed by atoms with Crippen LogP contribution in [0.5, 0.6) is 0 Å². The maximum atomic E-state index is 12.5. The van der Waals surface area contributed by atoms with Crippen LogP contribution in [0.25, 0.3) is 28.5 Å². The largest absolute Gasteiger partial charge is 0.332 e. The Morgan fingerprint density at radius 2 is 1.83 bits per heavy atom. The van der Waals surface area contributed by atoms with Crippen molar-refractivity contribution in [2.24, 2.45) is 0 Å². The number of hydrogen-bond donors (Lipinski definition) is 2. The molecule has 8 heteroatoms. The summed E-state index contributed by atoms with van der Waals surface area (Å²) in [5.41, 5.74) is 2.82. The second-order valence-corrected chi connectivity index (χ2v) is 5.19. The summed E-state index contributed by atoms with van der Waals surface area (Å²) in [6.45, 7) is 1.87. The Kier molecular flexibility index (Phi) is 3.27. The van der Waals surface area contributed by atoms with Gasteiger partial charge in [-0.1, -0.05) is 30.3 Å². The molecule has 0 aliphatic rings. The first kappa shape index (κ1) is 14.1. The first-order valence-corrected chi connectivity index (χ1v) is 7.32. The molecule has 4 rings (SSSR count). The van der Waals surface area contributed by atoms with Crippen LogP contribution in [-0.2, 0) is 0 Å². The highest BCUT2D eigenvalue weighted by Gasteiger charge is 2.18. The van der Waals surface area contributed by atoms with Crippen molar-refractivity contribution in [1.29, 1.82) is 0 Å². The Morgan fingerprint density at radius 3 is 2.54 bits per heavy atom. The molecule has 3 heterocycles.